The number of aryl methyl sites for hydroxylation is 3. The zero-order valence-electron chi connectivity index (χ0n) is 28.9. The predicted molar refractivity (Wildman–Crippen MR) is 185 cm³/mol. The maximum Gasteiger partial charge on any atom is 0.407 e. The Bertz CT molecular complexity index is 1840. The minimum atomic E-state index is -0.634. The summed E-state index contributed by atoms with van der Waals surface area (Å²) in [6, 6.07) is 12.2. The molecular weight excluding hydrogens is 644 g/mol. The summed E-state index contributed by atoms with van der Waals surface area (Å²) in [5, 5.41) is 10.1. The number of nitrogens with one attached hydrogen (secondary N) is 2. The number of carbonyl (C=O) groups excluding carboxylic acids is 4. The lowest BCUT2D eigenvalue weighted by atomic mass is 9.97. The minimum Gasteiger partial charge on any atom is -0.494 e. The molecule has 266 valence electrons. The van der Waals surface area contributed by atoms with Crippen LogP contribution in [0.4, 0.5) is 10.7 Å². The first-order valence-corrected chi connectivity index (χ1v) is 16.6. The van der Waals surface area contributed by atoms with Crippen molar-refractivity contribution in [1.29, 1.82) is 0 Å². The highest BCUT2D eigenvalue weighted by Gasteiger charge is 2.23. The lowest BCUT2D eigenvalue weighted by Gasteiger charge is -2.31. The molecule has 0 saturated carbocycles. The number of fused-ring (bicyclic) bond motifs is 1. The van der Waals surface area contributed by atoms with E-state index in [1.165, 1.54) is 20.3 Å². The average molecular weight is 689 g/mol. The first-order chi connectivity index (χ1) is 24.1. The number of nitrogens with two attached hydrogens (primary N) is 1. The van der Waals surface area contributed by atoms with Gasteiger partial charge in [-0.05, 0) is 88.0 Å². The second-order valence-electron chi connectivity index (χ2n) is 12.2. The molecular formula is C35H44N8O7. The lowest BCUT2D eigenvalue weighted by Crippen LogP contribution is -2.36. The average Bonchev–Trinajstić information content (AvgIpc) is 3.68. The van der Waals surface area contributed by atoms with Crippen molar-refractivity contribution in [3.05, 3.63) is 70.5 Å². The SMILES string of the molecule is CCn1nc(C)cc1C(=O)Nc1nc2cc(C(N)=O)cc(OC)c2n1CCCNC(=O)OCC1CCN(Cc2ccc(C(=O)OC)cc2)CC1. The fourth-order valence-corrected chi connectivity index (χ4v) is 6.08. The molecule has 4 aromatic rings. The highest BCUT2D eigenvalue weighted by Crippen LogP contribution is 2.31. The second-order valence-corrected chi connectivity index (χ2v) is 12.2. The van der Waals surface area contributed by atoms with Gasteiger partial charge in [-0.2, -0.15) is 5.10 Å². The Morgan fingerprint density at radius 1 is 1.02 bits per heavy atom. The molecule has 0 atom stereocenters. The van der Waals surface area contributed by atoms with E-state index in [2.05, 4.69) is 25.6 Å². The molecule has 0 unspecified atom stereocenters. The van der Waals surface area contributed by atoms with Crippen LogP contribution in [0, 0.1) is 12.8 Å². The monoisotopic (exact) mass is 688 g/mol. The molecule has 5 rings (SSSR count). The number of likely N-dealkylation sites (tertiary alicyclic amines) is 1. The van der Waals surface area contributed by atoms with Crippen molar-refractivity contribution >= 4 is 40.9 Å². The van der Waals surface area contributed by atoms with Crippen molar-refractivity contribution in [3.8, 4) is 5.75 Å². The fourth-order valence-electron chi connectivity index (χ4n) is 6.08. The first-order valence-electron chi connectivity index (χ1n) is 16.6. The van der Waals surface area contributed by atoms with Crippen LogP contribution < -0.4 is 21.1 Å². The number of methoxy groups -OCH3 is 2. The van der Waals surface area contributed by atoms with Gasteiger partial charge in [-0.25, -0.2) is 14.6 Å². The number of carbonyl (C=O) groups is 4. The molecule has 1 aliphatic rings. The largest absolute Gasteiger partial charge is 0.494 e. The number of imidazole rings is 1. The predicted octanol–water partition coefficient (Wildman–Crippen LogP) is 3.74. The van der Waals surface area contributed by atoms with Gasteiger partial charge >= 0.3 is 12.1 Å². The molecule has 1 fully saturated rings. The molecule has 2 aromatic carbocycles. The van der Waals surface area contributed by atoms with Gasteiger partial charge in [0.2, 0.25) is 11.9 Å². The second kappa shape index (κ2) is 16.3. The van der Waals surface area contributed by atoms with E-state index < -0.39 is 12.0 Å². The number of amides is 3. The fraction of sp³-hybridized carbons (Fsp3) is 0.429. The van der Waals surface area contributed by atoms with Gasteiger partial charge in [0.1, 0.15) is 17.0 Å². The third-order valence-corrected chi connectivity index (χ3v) is 8.74. The Morgan fingerprint density at radius 2 is 1.76 bits per heavy atom. The summed E-state index contributed by atoms with van der Waals surface area (Å²) < 4.78 is 19.3. The van der Waals surface area contributed by atoms with Crippen LogP contribution in [-0.2, 0) is 29.1 Å². The van der Waals surface area contributed by atoms with Crippen LogP contribution in [0.15, 0.2) is 42.5 Å². The van der Waals surface area contributed by atoms with Crippen molar-refractivity contribution in [2.24, 2.45) is 11.7 Å². The number of nitrogens with zero attached hydrogens (tertiary/aromatic N) is 5. The summed E-state index contributed by atoms with van der Waals surface area (Å²) in [5.74, 6) is -0.484. The topological polar surface area (TPSA) is 185 Å². The van der Waals surface area contributed by atoms with Crippen LogP contribution >= 0.6 is 0 Å². The zero-order chi connectivity index (χ0) is 35.8. The van der Waals surface area contributed by atoms with Crippen LogP contribution in [0.3, 0.4) is 0 Å². The Morgan fingerprint density at radius 3 is 2.42 bits per heavy atom. The Kier molecular flexibility index (Phi) is 11.7. The van der Waals surface area contributed by atoms with Gasteiger partial charge in [0.25, 0.3) is 5.91 Å². The first kappa shape index (κ1) is 35.9. The van der Waals surface area contributed by atoms with Crippen molar-refractivity contribution in [3.63, 3.8) is 0 Å². The van der Waals surface area contributed by atoms with Gasteiger partial charge in [-0.3, -0.25) is 24.5 Å². The number of benzene rings is 2. The van der Waals surface area contributed by atoms with Crippen molar-refractivity contribution in [1.82, 2.24) is 29.5 Å². The number of hydrogen-bond acceptors (Lipinski definition) is 10. The maximum atomic E-state index is 13.3. The zero-order valence-corrected chi connectivity index (χ0v) is 28.9. The summed E-state index contributed by atoms with van der Waals surface area (Å²) in [6.07, 6.45) is 1.81. The molecule has 4 N–H and O–H groups in total. The van der Waals surface area contributed by atoms with Crippen LogP contribution in [0.2, 0.25) is 0 Å². The van der Waals surface area contributed by atoms with E-state index in [0.717, 1.165) is 38.0 Å². The number of primary amides is 1. The molecule has 0 bridgehead atoms. The minimum absolute atomic E-state index is 0.221. The molecule has 0 spiro atoms. The van der Waals surface area contributed by atoms with E-state index in [9.17, 15) is 19.2 Å². The summed E-state index contributed by atoms with van der Waals surface area (Å²) >= 11 is 0. The number of aromatic nitrogens is 4. The van der Waals surface area contributed by atoms with Crippen molar-refractivity contribution in [2.75, 3.05) is 45.8 Å². The standard InChI is InChI=1S/C35H44N8O7/c1-5-43-28(17-22(2)40-43)32(45)39-34-38-27-18-26(31(36)44)19-29(48-3)30(27)42(34)14-6-13-37-35(47)50-21-24-11-15-41(16-12-24)20-23-7-9-25(10-8-23)33(46)49-4/h7-10,17-19,24H,5-6,11-16,20-21H2,1-4H3,(H2,36,44)(H,37,47)(H,38,39,45). The summed E-state index contributed by atoms with van der Waals surface area (Å²) in [6.45, 7) is 7.78. The van der Waals surface area contributed by atoms with Gasteiger partial charge in [-0.1, -0.05) is 12.1 Å². The van der Waals surface area contributed by atoms with E-state index in [4.69, 9.17) is 19.9 Å². The number of esters is 1. The smallest absolute Gasteiger partial charge is 0.407 e. The number of piperidine rings is 1. The molecule has 1 aliphatic heterocycles. The van der Waals surface area contributed by atoms with Crippen LogP contribution in [0.25, 0.3) is 11.0 Å². The van der Waals surface area contributed by atoms with E-state index in [1.54, 1.807) is 33.5 Å². The highest BCUT2D eigenvalue weighted by molar-refractivity contribution is 6.04. The number of hydrogen-bond donors (Lipinski definition) is 3. The van der Waals surface area contributed by atoms with E-state index in [-0.39, 0.29) is 29.3 Å². The van der Waals surface area contributed by atoms with Gasteiger partial charge in [0, 0.05) is 31.7 Å². The van der Waals surface area contributed by atoms with Gasteiger partial charge < -0.3 is 29.8 Å². The Balaban J connectivity index is 1.14. The number of anilines is 1. The van der Waals surface area contributed by atoms with Crippen LogP contribution in [0.5, 0.6) is 5.75 Å². The van der Waals surface area contributed by atoms with E-state index in [0.29, 0.717) is 66.4 Å². The van der Waals surface area contributed by atoms with Crippen LogP contribution in [-0.4, -0.2) is 88.6 Å². The van der Waals surface area contributed by atoms with E-state index in [1.807, 2.05) is 26.0 Å². The summed E-state index contributed by atoms with van der Waals surface area (Å²) in [7, 11) is 2.85. The highest BCUT2D eigenvalue weighted by atomic mass is 16.5. The number of ether oxygens (including phenoxy) is 3. The molecule has 15 heteroatoms. The molecule has 3 heterocycles. The molecule has 3 amide bonds. The summed E-state index contributed by atoms with van der Waals surface area (Å²) in [4.78, 5) is 56.5. The maximum absolute atomic E-state index is 13.3. The number of rotatable bonds is 14. The van der Waals surface area contributed by atoms with Gasteiger partial charge in [0.15, 0.2) is 0 Å². The quantitative estimate of drug-likeness (QED) is 0.130. The molecule has 15 nitrogen and oxygen atoms in total. The number of alkyl carbamates (subject to hydrolysis) is 1. The molecule has 50 heavy (non-hydrogen) atoms. The normalized spacial score (nSPS) is 13.6. The molecule has 0 radical (unpaired) electrons. The van der Waals surface area contributed by atoms with Crippen molar-refractivity contribution < 1.29 is 33.4 Å². The third kappa shape index (κ3) is 8.58. The van der Waals surface area contributed by atoms with Crippen LogP contribution in [0.1, 0.15) is 68.6 Å². The Labute approximate surface area is 290 Å². The Hall–Kier alpha value is -5.44. The lowest BCUT2D eigenvalue weighted by molar-refractivity contribution is 0.0600. The van der Waals surface area contributed by atoms with Gasteiger partial charge in [0.05, 0.1) is 37.6 Å². The molecule has 0 aliphatic carbocycles. The molecule has 1 saturated heterocycles. The van der Waals surface area contributed by atoms with Gasteiger partial charge in [-0.15, -0.1) is 0 Å². The van der Waals surface area contributed by atoms with E-state index >= 15 is 0 Å². The molecule has 2 aromatic heterocycles. The third-order valence-electron chi connectivity index (χ3n) is 8.74. The van der Waals surface area contributed by atoms with Crippen molar-refractivity contribution in [2.45, 2.75) is 52.7 Å². The summed E-state index contributed by atoms with van der Waals surface area (Å²) in [5.41, 5.74) is 9.50.